The number of rotatable bonds is 30. The Morgan fingerprint density at radius 3 is 1.12 bits per heavy atom. The standard InChI is InChI=1S/C16H17N3O.C14H11ClN2O.C12H16N2O.2C11H14N2O.C10H12N2O.C9H10N2O/c1-19(2)15-7-5-14(6-8-15)18-11-9-16(20)13-4-3-10-17-12-13;15-12-5-1-2-6-13(12)17-9-7-14(18)11-4-3-8-16-10-11;1-10(2)9-14-8-5-12(15)11-3-6-13-7-4-11;1-9(2)13-8-5-11(14)10-3-6-12-7-4-10;1-2-6-12-9-5-11(14)10-3-7-13-8-4-10;1-2-11-8-5-10(13)9-3-6-12-7-4-9;1-10-5-4-9(12)8-2-6-11-7-3-8/h3-12,18H,1-2H3;1-10,17H;3-8,10,14H,9H2,1-2H3;3-9,13H,1-2H3;3-5,7-9,12H,2,6H2,1H3;3-8,11H,2H2,1H3;2-7,10H,1H3/b11-9-;9-7-;2*8-5-;9-5-;8-5-;5-4-. The van der Waals surface area contributed by atoms with Crippen molar-refractivity contribution in [2.75, 3.05) is 56.3 Å². The summed E-state index contributed by atoms with van der Waals surface area (Å²) in [5.41, 5.74) is 7.24. The maximum Gasteiger partial charge on any atom is 0.188 e. The largest absolute Gasteiger partial charge is 0.394 e. The lowest BCUT2D eigenvalue weighted by Crippen LogP contribution is -2.15. The van der Waals surface area contributed by atoms with E-state index in [0.717, 1.165) is 43.1 Å². The summed E-state index contributed by atoms with van der Waals surface area (Å²) in [5.74, 6) is 0.337. The predicted molar refractivity (Wildman–Crippen MR) is 426 cm³/mol. The van der Waals surface area contributed by atoms with E-state index in [4.69, 9.17) is 11.6 Å². The molecule has 7 N–H and O–H groups in total. The molecule has 7 heterocycles. The molecule has 22 nitrogen and oxygen atoms in total. The van der Waals surface area contributed by atoms with Crippen molar-refractivity contribution in [2.45, 2.75) is 54.0 Å². The third-order valence-corrected chi connectivity index (χ3v) is 13.5. The molecule has 0 saturated carbocycles. The second kappa shape index (κ2) is 54.8. The Balaban J connectivity index is 0.000000323. The summed E-state index contributed by atoms with van der Waals surface area (Å²) in [6.45, 7) is 14.9. The van der Waals surface area contributed by atoms with E-state index in [-0.39, 0.29) is 40.5 Å². The van der Waals surface area contributed by atoms with Crippen molar-refractivity contribution in [2.24, 2.45) is 5.92 Å². The molecule has 9 rings (SSSR count). The topological polar surface area (TPSA) is 297 Å². The molecule has 7 aromatic heterocycles. The van der Waals surface area contributed by atoms with Crippen molar-refractivity contribution in [3.05, 3.63) is 350 Å². The summed E-state index contributed by atoms with van der Waals surface area (Å²) in [6, 6.07) is 39.5. The SMILES string of the molecule is CC(C)CN/C=C\C(=O)c1ccncc1.CC(C)N/C=C\C(=O)c1ccncc1.CCCN/C=C\C(=O)c1ccncc1.CCN/C=C\C(=O)c1ccncc1.CN(C)c1ccc(N/C=C\C(=O)c2cccnc2)cc1.CN/C=C\C(=O)c1ccncc1.O=C(/C=C\Nc1ccccc1Cl)c1cccnc1. The summed E-state index contributed by atoms with van der Waals surface area (Å²) in [7, 11) is 5.74. The number of allylic oxidation sites excluding steroid dienone is 7. The van der Waals surface area contributed by atoms with Crippen LogP contribution in [0.1, 0.15) is 120 Å². The molecule has 0 unspecified atom stereocenters. The van der Waals surface area contributed by atoms with E-state index in [9.17, 15) is 33.6 Å². The smallest absolute Gasteiger partial charge is 0.188 e. The highest BCUT2D eigenvalue weighted by atomic mass is 35.5. The molecule has 0 bridgehead atoms. The number of carbonyl (C=O) groups excluding carboxylic acids is 7. The molecule has 0 saturated heterocycles. The lowest BCUT2D eigenvalue weighted by atomic mass is 10.2. The fourth-order valence-corrected chi connectivity index (χ4v) is 7.84. The number of para-hydroxylation sites is 1. The number of halogens is 1. The number of hydrogen-bond donors (Lipinski definition) is 7. The maximum absolute atomic E-state index is 11.8. The molecule has 0 fully saturated rings. The fourth-order valence-electron chi connectivity index (χ4n) is 7.65. The first kappa shape index (κ1) is 87.3. The highest BCUT2D eigenvalue weighted by Gasteiger charge is 2.06. The minimum absolute atomic E-state index is 0.00370. The zero-order chi connectivity index (χ0) is 77.2. The van der Waals surface area contributed by atoms with Crippen molar-refractivity contribution in [3.63, 3.8) is 0 Å². The van der Waals surface area contributed by atoms with Crippen molar-refractivity contribution in [1.82, 2.24) is 61.5 Å². The highest BCUT2D eigenvalue weighted by molar-refractivity contribution is 6.33. The van der Waals surface area contributed by atoms with Crippen LogP contribution >= 0.6 is 11.6 Å². The van der Waals surface area contributed by atoms with Gasteiger partial charge in [-0.3, -0.25) is 68.4 Å². The molecule has 0 amide bonds. The second-order valence-electron chi connectivity index (χ2n) is 22.7. The number of nitrogens with one attached hydrogen (secondary N) is 7. The van der Waals surface area contributed by atoms with Crippen molar-refractivity contribution < 1.29 is 33.6 Å². The van der Waals surface area contributed by atoms with Crippen LogP contribution < -0.4 is 42.1 Å². The first-order valence-electron chi connectivity index (χ1n) is 33.8. The molecule has 106 heavy (non-hydrogen) atoms. The van der Waals surface area contributed by atoms with E-state index in [1.54, 1.807) is 222 Å². The molecular formula is C83H94ClN15O7. The molecule has 0 aliphatic carbocycles. The molecule has 0 aliphatic rings. The minimum Gasteiger partial charge on any atom is -0.394 e. The Morgan fingerprint density at radius 2 is 0.764 bits per heavy atom. The fraction of sp³-hybridized carbons (Fsp3) is 0.181. The van der Waals surface area contributed by atoms with Crippen LogP contribution in [0.5, 0.6) is 0 Å². The lowest BCUT2D eigenvalue weighted by Gasteiger charge is -2.12. The highest BCUT2D eigenvalue weighted by Crippen LogP contribution is 2.20. The van der Waals surface area contributed by atoms with E-state index >= 15 is 0 Å². The van der Waals surface area contributed by atoms with E-state index in [2.05, 4.69) is 92.9 Å². The first-order valence-corrected chi connectivity index (χ1v) is 34.2. The van der Waals surface area contributed by atoms with E-state index in [1.165, 1.54) is 48.7 Å². The summed E-state index contributed by atoms with van der Waals surface area (Å²) < 4.78 is 0. The van der Waals surface area contributed by atoms with Crippen LogP contribution in [0.4, 0.5) is 17.1 Å². The molecule has 550 valence electrons. The van der Waals surface area contributed by atoms with Crippen LogP contribution in [-0.4, -0.2) is 122 Å². The van der Waals surface area contributed by atoms with Gasteiger partial charge in [0.2, 0.25) is 0 Å². The molecule has 0 aliphatic heterocycles. The zero-order valence-corrected chi connectivity index (χ0v) is 61.9. The number of aromatic nitrogens is 7. The van der Waals surface area contributed by atoms with Gasteiger partial charge in [-0.25, -0.2) is 0 Å². The third-order valence-electron chi connectivity index (χ3n) is 13.2. The van der Waals surface area contributed by atoms with Crippen molar-refractivity contribution in [1.29, 1.82) is 0 Å². The number of anilines is 3. The van der Waals surface area contributed by atoms with Gasteiger partial charge in [-0.15, -0.1) is 0 Å². The number of nitrogens with zero attached hydrogens (tertiary/aromatic N) is 8. The third kappa shape index (κ3) is 39.9. The summed E-state index contributed by atoms with van der Waals surface area (Å²) >= 11 is 5.97. The average molecular weight is 1450 g/mol. The Bertz CT molecular complexity index is 4190. The van der Waals surface area contributed by atoms with Crippen molar-refractivity contribution >= 4 is 69.1 Å². The van der Waals surface area contributed by atoms with Gasteiger partial charge in [0.1, 0.15) is 0 Å². The van der Waals surface area contributed by atoms with Crippen molar-refractivity contribution in [3.8, 4) is 0 Å². The van der Waals surface area contributed by atoms with Gasteiger partial charge < -0.3 is 42.1 Å². The molecule has 0 atom stereocenters. The number of benzene rings is 2. The zero-order valence-electron chi connectivity index (χ0n) is 61.2. The lowest BCUT2D eigenvalue weighted by molar-refractivity contribution is 0.103. The van der Waals surface area contributed by atoms with Crippen LogP contribution in [0.25, 0.3) is 0 Å². The second-order valence-corrected chi connectivity index (χ2v) is 23.1. The van der Waals surface area contributed by atoms with Gasteiger partial charge in [-0.2, -0.15) is 0 Å². The van der Waals surface area contributed by atoms with Gasteiger partial charge in [-0.05, 0) is 154 Å². The molecule has 0 radical (unpaired) electrons. The van der Waals surface area contributed by atoms with Crippen LogP contribution in [0.15, 0.2) is 306 Å². The quantitative estimate of drug-likeness (QED) is 0.0125. The first-order chi connectivity index (χ1) is 51.4. The predicted octanol–water partition coefficient (Wildman–Crippen LogP) is 14.5. The molecule has 23 heteroatoms. The van der Waals surface area contributed by atoms with Gasteiger partial charge in [-0.1, -0.05) is 44.5 Å². The molecule has 0 spiro atoms. The number of pyridine rings is 7. The van der Waals surface area contributed by atoms with Gasteiger partial charge in [0, 0.05) is 270 Å². The molecule has 2 aromatic carbocycles. The van der Waals surface area contributed by atoms with Gasteiger partial charge in [0.05, 0.1) is 10.7 Å². The maximum atomic E-state index is 11.8. The van der Waals surface area contributed by atoms with Gasteiger partial charge in [0.15, 0.2) is 40.5 Å². The Morgan fingerprint density at radius 1 is 0.396 bits per heavy atom. The van der Waals surface area contributed by atoms with E-state index in [0.29, 0.717) is 55.9 Å². The monoisotopic (exact) mass is 1450 g/mol. The van der Waals surface area contributed by atoms with E-state index in [1.807, 2.05) is 82.2 Å². The Hall–Kier alpha value is -13.0. The Kier molecular flexibility index (Phi) is 45.1. The number of ketones is 7. The summed E-state index contributed by atoms with van der Waals surface area (Å²) in [4.78, 5) is 110. The van der Waals surface area contributed by atoms with E-state index < -0.39 is 0 Å². The average Bonchev–Trinajstić information content (AvgIpc) is 0.927. The molecular weight excluding hydrogens is 1350 g/mol. The minimum atomic E-state index is -0.109. The Labute approximate surface area is 627 Å². The normalized spacial score (nSPS) is 10.5. The summed E-state index contributed by atoms with van der Waals surface area (Å²) in [5, 5.41) is 21.4. The summed E-state index contributed by atoms with van der Waals surface area (Å²) in [6.07, 6.45) is 45.5. The van der Waals surface area contributed by atoms with Crippen LogP contribution in [0, 0.1) is 5.92 Å². The van der Waals surface area contributed by atoms with Gasteiger partial charge in [0.25, 0.3) is 0 Å². The van der Waals surface area contributed by atoms with Crippen LogP contribution in [-0.2, 0) is 0 Å². The molecule has 9 aromatic rings. The van der Waals surface area contributed by atoms with Gasteiger partial charge >= 0.3 is 0 Å². The number of carbonyl (C=O) groups is 7. The van der Waals surface area contributed by atoms with Crippen LogP contribution in [0.2, 0.25) is 5.02 Å². The van der Waals surface area contributed by atoms with Crippen LogP contribution in [0.3, 0.4) is 0 Å². The number of hydrogen-bond acceptors (Lipinski definition) is 22.